The molecule has 7 heteroatoms. The lowest BCUT2D eigenvalue weighted by Gasteiger charge is -2.31. The smallest absolute Gasteiger partial charge is 0.246 e. The molecular formula is C23H25N3O3S. The number of Topliss-reactive ketones (excluding diaryl/α,β-unsaturated/α-hetero) is 1. The summed E-state index contributed by atoms with van der Waals surface area (Å²) in [5.74, 6) is -0.286. The van der Waals surface area contributed by atoms with Crippen LogP contribution in [0.1, 0.15) is 45.7 Å². The van der Waals surface area contributed by atoms with Gasteiger partial charge >= 0.3 is 0 Å². The maximum absolute atomic E-state index is 13.5. The third kappa shape index (κ3) is 2.91. The Morgan fingerprint density at radius 3 is 2.63 bits per heavy atom. The Morgan fingerprint density at radius 1 is 1.13 bits per heavy atom. The maximum Gasteiger partial charge on any atom is 0.246 e. The number of aryl methyl sites for hydroxylation is 4. The molecule has 30 heavy (non-hydrogen) atoms. The summed E-state index contributed by atoms with van der Waals surface area (Å²) in [6.07, 6.45) is 3.41. The van der Waals surface area contributed by atoms with Crippen LogP contribution in [0.2, 0.25) is 0 Å². The van der Waals surface area contributed by atoms with Crippen LogP contribution in [0.15, 0.2) is 35.2 Å². The van der Waals surface area contributed by atoms with Gasteiger partial charge in [-0.3, -0.25) is 9.89 Å². The number of aromatic nitrogens is 2. The first kappa shape index (κ1) is 19.5. The van der Waals surface area contributed by atoms with Gasteiger partial charge < -0.3 is 0 Å². The monoisotopic (exact) mass is 423 g/mol. The first-order chi connectivity index (χ1) is 14.4. The molecule has 1 aliphatic carbocycles. The summed E-state index contributed by atoms with van der Waals surface area (Å²) < 4.78 is 28.0. The van der Waals surface area contributed by atoms with E-state index in [1.54, 1.807) is 13.8 Å². The van der Waals surface area contributed by atoms with E-state index < -0.39 is 10.0 Å². The highest BCUT2D eigenvalue weighted by atomic mass is 32.2. The molecule has 6 nitrogen and oxygen atoms in total. The normalized spacial score (nSPS) is 19.5. The van der Waals surface area contributed by atoms with Crippen LogP contribution < -0.4 is 0 Å². The van der Waals surface area contributed by atoms with Crippen molar-refractivity contribution in [2.45, 2.75) is 44.4 Å². The molecule has 1 fully saturated rings. The SMILES string of the molecule is Cc1n[nH]c(C)c1S(=O)(=O)N1CCCC(C(=O)c2ccc3c4c(cccc24)CC3)C1. The summed E-state index contributed by atoms with van der Waals surface area (Å²) in [5.41, 5.74) is 4.33. The molecule has 2 aliphatic rings. The Bertz CT molecular complexity index is 1250. The predicted octanol–water partition coefficient (Wildman–Crippen LogP) is 3.56. The molecule has 1 atom stereocenters. The molecule has 1 saturated heterocycles. The van der Waals surface area contributed by atoms with E-state index in [9.17, 15) is 13.2 Å². The van der Waals surface area contributed by atoms with Crippen molar-refractivity contribution in [2.75, 3.05) is 13.1 Å². The minimum absolute atomic E-state index is 0.0473. The Balaban J connectivity index is 1.48. The van der Waals surface area contributed by atoms with Crippen LogP contribution in [0.25, 0.3) is 10.8 Å². The van der Waals surface area contributed by atoms with Crippen LogP contribution >= 0.6 is 0 Å². The molecular weight excluding hydrogens is 398 g/mol. The van der Waals surface area contributed by atoms with Crippen molar-refractivity contribution >= 4 is 26.6 Å². The van der Waals surface area contributed by atoms with Crippen molar-refractivity contribution in [3.8, 4) is 0 Å². The number of aromatic amines is 1. The van der Waals surface area contributed by atoms with E-state index >= 15 is 0 Å². The van der Waals surface area contributed by atoms with Crippen LogP contribution in [0.3, 0.4) is 0 Å². The zero-order valence-electron chi connectivity index (χ0n) is 17.2. The van der Waals surface area contributed by atoms with Gasteiger partial charge in [-0.05, 0) is 61.4 Å². The summed E-state index contributed by atoms with van der Waals surface area (Å²) in [5, 5.41) is 9.02. The number of nitrogens with one attached hydrogen (secondary N) is 1. The maximum atomic E-state index is 13.5. The van der Waals surface area contributed by atoms with Crippen LogP contribution in [0.4, 0.5) is 0 Å². The van der Waals surface area contributed by atoms with Gasteiger partial charge in [-0.1, -0.05) is 30.3 Å². The van der Waals surface area contributed by atoms with Crippen molar-refractivity contribution in [2.24, 2.45) is 5.92 Å². The number of piperidine rings is 1. The molecule has 1 aliphatic heterocycles. The van der Waals surface area contributed by atoms with E-state index in [0.29, 0.717) is 30.8 Å². The largest absolute Gasteiger partial charge is 0.294 e. The standard InChI is InChI=1S/C23H25N3O3S/c1-14-23(15(2)25-24-14)30(28,29)26-12-4-6-18(13-26)22(27)20-11-10-17-9-8-16-5-3-7-19(20)21(16)17/h3,5,7,10-11,18H,4,6,8-9,12-13H2,1-2H3,(H,24,25). The second kappa shape index (κ2) is 7.03. The predicted molar refractivity (Wildman–Crippen MR) is 115 cm³/mol. The van der Waals surface area contributed by atoms with E-state index in [1.165, 1.54) is 20.8 Å². The lowest BCUT2D eigenvalue weighted by Crippen LogP contribution is -2.42. The molecule has 1 N–H and O–H groups in total. The van der Waals surface area contributed by atoms with E-state index in [1.807, 2.05) is 18.2 Å². The first-order valence-corrected chi connectivity index (χ1v) is 11.9. The lowest BCUT2D eigenvalue weighted by molar-refractivity contribution is 0.0874. The summed E-state index contributed by atoms with van der Waals surface area (Å²) in [6, 6.07) is 10.2. The van der Waals surface area contributed by atoms with Crippen LogP contribution in [0.5, 0.6) is 0 Å². The van der Waals surface area contributed by atoms with Gasteiger partial charge in [-0.25, -0.2) is 8.42 Å². The highest BCUT2D eigenvalue weighted by molar-refractivity contribution is 7.89. The molecule has 5 rings (SSSR count). The van der Waals surface area contributed by atoms with E-state index in [4.69, 9.17) is 0 Å². The van der Waals surface area contributed by atoms with Crippen molar-refractivity contribution in [3.05, 3.63) is 58.4 Å². The number of nitrogens with zero attached hydrogens (tertiary/aromatic N) is 2. The third-order valence-electron chi connectivity index (χ3n) is 6.56. The first-order valence-electron chi connectivity index (χ1n) is 10.5. The third-order valence-corrected chi connectivity index (χ3v) is 8.68. The van der Waals surface area contributed by atoms with E-state index in [-0.39, 0.29) is 23.1 Å². The van der Waals surface area contributed by atoms with Crippen molar-refractivity contribution in [1.29, 1.82) is 0 Å². The molecule has 0 saturated carbocycles. The topological polar surface area (TPSA) is 83.1 Å². The second-order valence-electron chi connectivity index (χ2n) is 8.44. The van der Waals surface area contributed by atoms with Gasteiger partial charge in [0.2, 0.25) is 10.0 Å². The summed E-state index contributed by atoms with van der Waals surface area (Å²) >= 11 is 0. The molecule has 0 bridgehead atoms. The Hall–Kier alpha value is -2.51. The van der Waals surface area contributed by atoms with E-state index in [0.717, 1.165) is 23.8 Å². The Morgan fingerprint density at radius 2 is 1.90 bits per heavy atom. The zero-order chi connectivity index (χ0) is 21.0. The van der Waals surface area contributed by atoms with Gasteiger partial charge in [0.1, 0.15) is 4.90 Å². The molecule has 2 aromatic carbocycles. The molecule has 1 unspecified atom stereocenters. The molecule has 3 aromatic rings. The molecule has 156 valence electrons. The van der Waals surface area contributed by atoms with Gasteiger partial charge in [0.25, 0.3) is 0 Å². The van der Waals surface area contributed by atoms with Gasteiger partial charge in [-0.15, -0.1) is 0 Å². The lowest BCUT2D eigenvalue weighted by atomic mass is 9.88. The van der Waals surface area contributed by atoms with Crippen molar-refractivity contribution in [1.82, 2.24) is 14.5 Å². The van der Waals surface area contributed by atoms with Crippen LogP contribution in [-0.4, -0.2) is 41.8 Å². The van der Waals surface area contributed by atoms with Gasteiger partial charge in [0, 0.05) is 24.6 Å². The zero-order valence-corrected chi connectivity index (χ0v) is 18.1. The molecule has 0 radical (unpaired) electrons. The molecule has 0 spiro atoms. The van der Waals surface area contributed by atoms with Crippen molar-refractivity contribution in [3.63, 3.8) is 0 Å². The number of carbonyl (C=O) groups excluding carboxylic acids is 1. The number of H-pyrrole nitrogens is 1. The average Bonchev–Trinajstić information content (AvgIpc) is 3.32. The number of benzene rings is 2. The average molecular weight is 424 g/mol. The summed E-state index contributed by atoms with van der Waals surface area (Å²) in [6.45, 7) is 4.05. The quantitative estimate of drug-likeness (QED) is 0.651. The fraction of sp³-hybridized carbons (Fsp3) is 0.391. The Kier molecular flexibility index (Phi) is 4.56. The van der Waals surface area contributed by atoms with Gasteiger partial charge in [0.15, 0.2) is 5.78 Å². The highest BCUT2D eigenvalue weighted by Crippen LogP contribution is 2.35. The molecule has 1 aromatic heterocycles. The fourth-order valence-corrected chi connectivity index (χ4v) is 6.96. The van der Waals surface area contributed by atoms with Crippen LogP contribution in [0, 0.1) is 19.8 Å². The summed E-state index contributed by atoms with van der Waals surface area (Å²) in [4.78, 5) is 13.7. The second-order valence-corrected chi connectivity index (χ2v) is 10.3. The number of ketones is 1. The minimum Gasteiger partial charge on any atom is -0.294 e. The van der Waals surface area contributed by atoms with Crippen molar-refractivity contribution < 1.29 is 13.2 Å². The number of carbonyl (C=O) groups is 1. The van der Waals surface area contributed by atoms with E-state index in [2.05, 4.69) is 22.3 Å². The number of rotatable bonds is 4. The number of sulfonamides is 1. The molecule has 0 amide bonds. The summed E-state index contributed by atoms with van der Waals surface area (Å²) in [7, 11) is -3.69. The minimum atomic E-state index is -3.69. The van der Waals surface area contributed by atoms with Gasteiger partial charge in [-0.2, -0.15) is 9.40 Å². The Labute approximate surface area is 176 Å². The number of hydrogen-bond donors (Lipinski definition) is 1. The molecule has 2 heterocycles. The van der Waals surface area contributed by atoms with Crippen LogP contribution in [-0.2, 0) is 22.9 Å². The number of hydrogen-bond acceptors (Lipinski definition) is 4. The van der Waals surface area contributed by atoms with Gasteiger partial charge in [0.05, 0.1) is 11.4 Å². The highest BCUT2D eigenvalue weighted by Gasteiger charge is 2.36. The fourth-order valence-electron chi connectivity index (χ4n) is 5.11.